The van der Waals surface area contributed by atoms with Crippen LogP contribution in [0.4, 0.5) is 0 Å². The molecule has 0 amide bonds. The maximum Gasteiger partial charge on any atom is 0.0636 e. The van der Waals surface area contributed by atoms with E-state index in [9.17, 15) is 5.11 Å². The minimum absolute atomic E-state index is 0.229. The highest BCUT2D eigenvalue weighted by Gasteiger charge is 2.12. The van der Waals surface area contributed by atoms with E-state index in [1.807, 2.05) is 13.0 Å². The molecule has 2 heteroatoms. The number of rotatable bonds is 6. The van der Waals surface area contributed by atoms with Crippen molar-refractivity contribution in [3.8, 4) is 0 Å². The van der Waals surface area contributed by atoms with Gasteiger partial charge in [0.25, 0.3) is 0 Å². The normalized spacial score (nSPS) is 13.9. The smallest absolute Gasteiger partial charge is 0.0636 e. The molecule has 0 radical (unpaired) electrons. The van der Waals surface area contributed by atoms with Gasteiger partial charge in [-0.1, -0.05) is 60.2 Å². The van der Waals surface area contributed by atoms with Gasteiger partial charge in [0.05, 0.1) is 6.10 Å². The van der Waals surface area contributed by atoms with Crippen LogP contribution in [0.5, 0.6) is 0 Å². The first-order chi connectivity index (χ1) is 9.65. The Morgan fingerprint density at radius 2 is 1.65 bits per heavy atom. The molecule has 0 aliphatic rings. The van der Waals surface area contributed by atoms with E-state index < -0.39 is 0 Å². The SMILES string of the molecule is Cc1ccc([C@@H](Cc2ccccc2)NC[C@H](C)O)cc1. The predicted molar refractivity (Wildman–Crippen MR) is 83.7 cm³/mol. The van der Waals surface area contributed by atoms with Crippen LogP contribution in [-0.2, 0) is 6.42 Å². The maximum atomic E-state index is 9.50. The third-order valence-corrected chi connectivity index (χ3v) is 3.42. The topological polar surface area (TPSA) is 32.3 Å². The molecule has 2 aromatic rings. The molecule has 0 unspecified atom stereocenters. The summed E-state index contributed by atoms with van der Waals surface area (Å²) < 4.78 is 0. The summed E-state index contributed by atoms with van der Waals surface area (Å²) in [6.07, 6.45) is 0.593. The predicted octanol–water partition coefficient (Wildman–Crippen LogP) is 3.25. The second-order valence-electron chi connectivity index (χ2n) is 5.41. The molecular formula is C18H23NO. The van der Waals surface area contributed by atoms with E-state index in [1.165, 1.54) is 16.7 Å². The fraction of sp³-hybridized carbons (Fsp3) is 0.333. The number of aliphatic hydroxyl groups excluding tert-OH is 1. The third-order valence-electron chi connectivity index (χ3n) is 3.42. The highest BCUT2D eigenvalue weighted by molar-refractivity contribution is 5.26. The van der Waals surface area contributed by atoms with Crippen molar-refractivity contribution in [2.75, 3.05) is 6.54 Å². The highest BCUT2D eigenvalue weighted by Crippen LogP contribution is 2.19. The molecule has 106 valence electrons. The summed E-state index contributed by atoms with van der Waals surface area (Å²) in [7, 11) is 0. The van der Waals surface area contributed by atoms with Crippen LogP contribution in [0.25, 0.3) is 0 Å². The van der Waals surface area contributed by atoms with E-state index >= 15 is 0 Å². The molecule has 0 aromatic heterocycles. The Morgan fingerprint density at radius 1 is 1.00 bits per heavy atom. The van der Waals surface area contributed by atoms with Gasteiger partial charge >= 0.3 is 0 Å². The lowest BCUT2D eigenvalue weighted by molar-refractivity contribution is 0.186. The van der Waals surface area contributed by atoms with Gasteiger partial charge in [0.15, 0.2) is 0 Å². The molecule has 0 heterocycles. The first-order valence-electron chi connectivity index (χ1n) is 7.17. The van der Waals surface area contributed by atoms with Gasteiger partial charge in [-0.2, -0.15) is 0 Å². The molecule has 2 aromatic carbocycles. The van der Waals surface area contributed by atoms with Crippen molar-refractivity contribution in [2.45, 2.75) is 32.4 Å². The zero-order valence-corrected chi connectivity index (χ0v) is 12.2. The van der Waals surface area contributed by atoms with E-state index in [4.69, 9.17) is 0 Å². The van der Waals surface area contributed by atoms with Crippen LogP contribution >= 0.6 is 0 Å². The van der Waals surface area contributed by atoms with E-state index in [1.54, 1.807) is 0 Å². The van der Waals surface area contributed by atoms with Gasteiger partial charge in [-0.3, -0.25) is 0 Å². The summed E-state index contributed by atoms with van der Waals surface area (Å²) >= 11 is 0. The molecule has 0 aliphatic carbocycles. The summed E-state index contributed by atoms with van der Waals surface area (Å²) in [5.74, 6) is 0. The monoisotopic (exact) mass is 269 g/mol. The van der Waals surface area contributed by atoms with Crippen LogP contribution in [0.2, 0.25) is 0 Å². The number of aliphatic hydroxyl groups is 1. The number of nitrogens with one attached hydrogen (secondary N) is 1. The van der Waals surface area contributed by atoms with Crippen molar-refractivity contribution in [2.24, 2.45) is 0 Å². The molecule has 2 N–H and O–H groups in total. The van der Waals surface area contributed by atoms with Gasteiger partial charge in [-0.05, 0) is 31.4 Å². The Morgan fingerprint density at radius 3 is 2.25 bits per heavy atom. The molecule has 0 fully saturated rings. The Bertz CT molecular complexity index is 505. The van der Waals surface area contributed by atoms with E-state index in [2.05, 4.69) is 60.8 Å². The average Bonchev–Trinajstić information content (AvgIpc) is 2.45. The molecule has 0 saturated carbocycles. The van der Waals surface area contributed by atoms with Crippen LogP contribution in [0.3, 0.4) is 0 Å². The summed E-state index contributed by atoms with van der Waals surface area (Å²) in [5.41, 5.74) is 3.83. The van der Waals surface area contributed by atoms with Crippen LogP contribution < -0.4 is 5.32 Å². The molecule has 0 saturated heterocycles. The fourth-order valence-corrected chi connectivity index (χ4v) is 2.27. The van der Waals surface area contributed by atoms with Crippen LogP contribution in [-0.4, -0.2) is 17.8 Å². The minimum atomic E-state index is -0.335. The van der Waals surface area contributed by atoms with Gasteiger partial charge in [-0.25, -0.2) is 0 Å². The Balaban J connectivity index is 2.13. The second kappa shape index (κ2) is 7.22. The molecule has 0 aliphatic heterocycles. The summed E-state index contributed by atoms with van der Waals surface area (Å²) in [6, 6.07) is 19.3. The van der Waals surface area contributed by atoms with Crippen LogP contribution in [0.1, 0.15) is 29.7 Å². The third kappa shape index (κ3) is 4.48. The van der Waals surface area contributed by atoms with Crippen molar-refractivity contribution in [1.82, 2.24) is 5.32 Å². The Labute approximate surface area is 121 Å². The van der Waals surface area contributed by atoms with Crippen molar-refractivity contribution in [1.29, 1.82) is 0 Å². The summed E-state index contributed by atoms with van der Waals surface area (Å²) in [4.78, 5) is 0. The number of hydrogen-bond acceptors (Lipinski definition) is 2. The fourth-order valence-electron chi connectivity index (χ4n) is 2.27. The Hall–Kier alpha value is -1.64. The number of hydrogen-bond donors (Lipinski definition) is 2. The molecule has 0 spiro atoms. The Kier molecular flexibility index (Phi) is 5.33. The van der Waals surface area contributed by atoms with Crippen molar-refractivity contribution < 1.29 is 5.11 Å². The molecule has 2 rings (SSSR count). The van der Waals surface area contributed by atoms with E-state index in [0.717, 1.165) is 6.42 Å². The minimum Gasteiger partial charge on any atom is -0.392 e. The van der Waals surface area contributed by atoms with E-state index in [0.29, 0.717) is 6.54 Å². The lowest BCUT2D eigenvalue weighted by Crippen LogP contribution is -2.30. The largest absolute Gasteiger partial charge is 0.392 e. The van der Waals surface area contributed by atoms with Gasteiger partial charge < -0.3 is 10.4 Å². The molecule has 0 bridgehead atoms. The molecule has 20 heavy (non-hydrogen) atoms. The van der Waals surface area contributed by atoms with Crippen LogP contribution in [0, 0.1) is 6.92 Å². The zero-order chi connectivity index (χ0) is 14.4. The zero-order valence-electron chi connectivity index (χ0n) is 12.2. The summed E-state index contributed by atoms with van der Waals surface area (Å²) in [6.45, 7) is 4.51. The standard InChI is InChI=1S/C18H23NO/c1-14-8-10-17(11-9-14)18(19-13-15(2)20)12-16-6-4-3-5-7-16/h3-11,15,18-20H,12-13H2,1-2H3/t15-,18+/m0/s1. The highest BCUT2D eigenvalue weighted by atomic mass is 16.3. The second-order valence-corrected chi connectivity index (χ2v) is 5.41. The summed E-state index contributed by atoms with van der Waals surface area (Å²) in [5, 5.41) is 12.9. The quantitative estimate of drug-likeness (QED) is 0.843. The molecular weight excluding hydrogens is 246 g/mol. The number of aryl methyl sites for hydroxylation is 1. The van der Waals surface area contributed by atoms with Gasteiger partial charge in [0, 0.05) is 12.6 Å². The van der Waals surface area contributed by atoms with E-state index in [-0.39, 0.29) is 12.1 Å². The van der Waals surface area contributed by atoms with Crippen molar-refractivity contribution in [3.63, 3.8) is 0 Å². The molecule has 2 nitrogen and oxygen atoms in total. The first-order valence-corrected chi connectivity index (χ1v) is 7.17. The van der Waals surface area contributed by atoms with Gasteiger partial charge in [-0.15, -0.1) is 0 Å². The maximum absolute atomic E-state index is 9.50. The van der Waals surface area contributed by atoms with Gasteiger partial charge in [0.2, 0.25) is 0 Å². The van der Waals surface area contributed by atoms with Crippen molar-refractivity contribution in [3.05, 3.63) is 71.3 Å². The lowest BCUT2D eigenvalue weighted by atomic mass is 9.98. The average molecular weight is 269 g/mol. The number of benzene rings is 2. The molecule has 2 atom stereocenters. The van der Waals surface area contributed by atoms with Crippen LogP contribution in [0.15, 0.2) is 54.6 Å². The van der Waals surface area contributed by atoms with Gasteiger partial charge in [0.1, 0.15) is 0 Å². The first kappa shape index (κ1) is 14.8. The van der Waals surface area contributed by atoms with Crippen molar-refractivity contribution >= 4 is 0 Å². The lowest BCUT2D eigenvalue weighted by Gasteiger charge is -2.20.